The van der Waals surface area contributed by atoms with Gasteiger partial charge in [0, 0.05) is 35.1 Å². The number of nitrogens with one attached hydrogen (secondary N) is 2. The van der Waals surface area contributed by atoms with Crippen molar-refractivity contribution in [3.05, 3.63) is 191 Å². The number of benzene rings is 6. The van der Waals surface area contributed by atoms with Crippen molar-refractivity contribution in [2.45, 2.75) is 36.5 Å². The molecule has 2 amide bonds. The van der Waals surface area contributed by atoms with Crippen molar-refractivity contribution >= 4 is 57.5 Å². The van der Waals surface area contributed by atoms with Gasteiger partial charge in [-0.25, -0.2) is 18.0 Å². The average Bonchev–Trinajstić information content (AvgIpc) is 3.32. The highest BCUT2D eigenvalue weighted by Gasteiger charge is 2.22. The minimum Gasteiger partial charge on any atom is -0.462 e. The lowest BCUT2D eigenvalue weighted by Gasteiger charge is -2.15. The topological polar surface area (TPSA) is 198 Å². The Kier molecular flexibility index (Phi) is 15.8. The summed E-state index contributed by atoms with van der Waals surface area (Å²) in [6.45, 7) is 10.1. The van der Waals surface area contributed by atoms with E-state index in [1.165, 1.54) is 62.4 Å². The van der Waals surface area contributed by atoms with E-state index in [1.807, 2.05) is 0 Å². The van der Waals surface area contributed by atoms with Gasteiger partial charge in [-0.15, -0.1) is 0 Å². The van der Waals surface area contributed by atoms with Crippen molar-refractivity contribution in [1.29, 1.82) is 0 Å². The van der Waals surface area contributed by atoms with E-state index in [-0.39, 0.29) is 104 Å². The maximum absolute atomic E-state index is 14.1. The standard InChI is InChI=1S/C52H44N2O12S/c1-33(2)51(59)63-27-25-35-13-9-19-41(43(35)31-55)49(57)53-45-21-5-7-23-47(45)65-37-15-11-17-39(29-37)67(61,62)40-18-12-16-38(30-40)66-48-24-8-6-22-46(48)54-50(58)42-20-10-14-36(44(42)32-56)26-28-64-52(60)34(3)4/h5-24,29-32H,1,3,25-28H2,2,4H3,(H,53,57)(H,54,58). The molecule has 0 saturated carbocycles. The number of aldehydes is 2. The summed E-state index contributed by atoms with van der Waals surface area (Å²) in [5.74, 6) is -1.74. The van der Waals surface area contributed by atoms with Gasteiger partial charge >= 0.3 is 11.9 Å². The summed E-state index contributed by atoms with van der Waals surface area (Å²) in [5.41, 5.74) is 2.33. The summed E-state index contributed by atoms with van der Waals surface area (Å²) in [4.78, 5) is 74.9. The van der Waals surface area contributed by atoms with Crippen LogP contribution >= 0.6 is 0 Å². The predicted octanol–water partition coefficient (Wildman–Crippen LogP) is 9.56. The molecule has 6 rings (SSSR count). The van der Waals surface area contributed by atoms with Crippen LogP contribution < -0.4 is 20.1 Å². The van der Waals surface area contributed by atoms with Crippen LogP contribution in [0.25, 0.3) is 0 Å². The first-order valence-electron chi connectivity index (χ1n) is 20.6. The average molecular weight is 921 g/mol. The zero-order valence-corrected chi connectivity index (χ0v) is 37.2. The highest BCUT2D eigenvalue weighted by atomic mass is 32.2. The molecule has 6 aromatic carbocycles. The molecule has 14 nitrogen and oxygen atoms in total. The van der Waals surface area contributed by atoms with Gasteiger partial charge in [-0.3, -0.25) is 19.2 Å². The second-order valence-corrected chi connectivity index (χ2v) is 16.8. The van der Waals surface area contributed by atoms with E-state index in [2.05, 4.69) is 23.8 Å². The van der Waals surface area contributed by atoms with Crippen LogP contribution in [-0.2, 0) is 41.7 Å². The molecule has 6 aromatic rings. The second kappa shape index (κ2) is 22.0. The zero-order chi connectivity index (χ0) is 48.1. The number of esters is 2. The fraction of sp³-hybridized carbons (Fsp3) is 0.115. The number of hydrogen-bond donors (Lipinski definition) is 2. The normalized spacial score (nSPS) is 10.8. The van der Waals surface area contributed by atoms with Crippen LogP contribution in [0.5, 0.6) is 23.0 Å². The largest absolute Gasteiger partial charge is 0.462 e. The number of carbonyl (C=O) groups is 6. The molecule has 0 radical (unpaired) electrons. The molecule has 0 unspecified atom stereocenters. The SMILES string of the molecule is C=C(C)C(=O)OCCc1cccc(C(=O)Nc2ccccc2Oc2cccc(S(=O)(=O)c3cccc(Oc4ccccc4NC(=O)c4cccc(CCOC(=O)C(=C)C)c4C=O)c3)c2)c1C=O. The highest BCUT2D eigenvalue weighted by molar-refractivity contribution is 7.91. The molecule has 15 heteroatoms. The van der Waals surface area contributed by atoms with Crippen molar-refractivity contribution in [2.75, 3.05) is 23.8 Å². The van der Waals surface area contributed by atoms with Crippen molar-refractivity contribution in [2.24, 2.45) is 0 Å². The van der Waals surface area contributed by atoms with E-state index < -0.39 is 33.6 Å². The molecule has 0 aliphatic carbocycles. The smallest absolute Gasteiger partial charge is 0.333 e. The van der Waals surface area contributed by atoms with Crippen LogP contribution in [0.1, 0.15) is 66.4 Å². The van der Waals surface area contributed by atoms with E-state index in [0.717, 1.165) is 0 Å². The van der Waals surface area contributed by atoms with E-state index in [0.29, 0.717) is 23.7 Å². The van der Waals surface area contributed by atoms with Crippen molar-refractivity contribution in [3.8, 4) is 23.0 Å². The lowest BCUT2D eigenvalue weighted by molar-refractivity contribution is -0.139. The summed E-state index contributed by atoms with van der Waals surface area (Å²) in [7, 11) is -4.18. The Morgan fingerprint density at radius 1 is 0.537 bits per heavy atom. The van der Waals surface area contributed by atoms with Gasteiger partial charge < -0.3 is 29.6 Å². The Hall–Kier alpha value is -8.43. The minimum absolute atomic E-state index is 0.0256. The van der Waals surface area contributed by atoms with Crippen LogP contribution in [0.4, 0.5) is 11.4 Å². The molecular formula is C52H44N2O12S. The maximum Gasteiger partial charge on any atom is 0.333 e. The molecule has 0 saturated heterocycles. The van der Waals surface area contributed by atoms with Gasteiger partial charge in [-0.1, -0.05) is 73.8 Å². The van der Waals surface area contributed by atoms with Crippen LogP contribution in [0.2, 0.25) is 0 Å². The van der Waals surface area contributed by atoms with E-state index in [9.17, 15) is 37.2 Å². The minimum atomic E-state index is -4.18. The molecule has 0 fully saturated rings. The van der Waals surface area contributed by atoms with Crippen molar-refractivity contribution < 1.29 is 56.1 Å². The number of para-hydroxylation sites is 4. The predicted molar refractivity (Wildman–Crippen MR) is 250 cm³/mol. The van der Waals surface area contributed by atoms with Gasteiger partial charge in [0.15, 0.2) is 24.1 Å². The van der Waals surface area contributed by atoms with Gasteiger partial charge in [0.2, 0.25) is 9.84 Å². The zero-order valence-electron chi connectivity index (χ0n) is 36.4. The lowest BCUT2D eigenvalue weighted by Crippen LogP contribution is -2.16. The third-order valence-corrected chi connectivity index (χ3v) is 11.7. The van der Waals surface area contributed by atoms with Gasteiger partial charge in [0.1, 0.15) is 11.5 Å². The molecule has 0 spiro atoms. The third-order valence-electron chi connectivity index (χ3n) is 9.98. The number of rotatable bonds is 20. The summed E-state index contributed by atoms with van der Waals surface area (Å²) in [5, 5.41) is 5.55. The Morgan fingerprint density at radius 3 is 1.31 bits per heavy atom. The highest BCUT2D eigenvalue weighted by Crippen LogP contribution is 2.35. The maximum atomic E-state index is 14.1. The number of amides is 2. The molecular weight excluding hydrogens is 877 g/mol. The van der Waals surface area contributed by atoms with Gasteiger partial charge in [0.25, 0.3) is 11.8 Å². The van der Waals surface area contributed by atoms with Gasteiger partial charge in [0.05, 0.1) is 45.5 Å². The van der Waals surface area contributed by atoms with Crippen LogP contribution in [0, 0.1) is 0 Å². The third kappa shape index (κ3) is 12.0. The number of hydrogen-bond acceptors (Lipinski definition) is 12. The van der Waals surface area contributed by atoms with E-state index in [1.54, 1.807) is 84.9 Å². The Morgan fingerprint density at radius 2 is 0.925 bits per heavy atom. The molecule has 340 valence electrons. The number of sulfone groups is 1. The molecule has 67 heavy (non-hydrogen) atoms. The molecule has 0 atom stereocenters. The van der Waals surface area contributed by atoms with Crippen LogP contribution in [-0.4, -0.2) is 58.0 Å². The number of ether oxygens (including phenoxy) is 4. The Labute approximate surface area is 386 Å². The molecule has 0 heterocycles. The fourth-order valence-electron chi connectivity index (χ4n) is 6.59. The van der Waals surface area contributed by atoms with E-state index in [4.69, 9.17) is 18.9 Å². The van der Waals surface area contributed by atoms with E-state index >= 15 is 0 Å². The number of carbonyl (C=O) groups excluding carboxylic acids is 6. The number of anilines is 2. The summed E-state index contributed by atoms with van der Waals surface area (Å²) in [6, 6.07) is 34.1. The first-order valence-corrected chi connectivity index (χ1v) is 22.1. The molecule has 2 N–H and O–H groups in total. The first-order chi connectivity index (χ1) is 32.2. The fourth-order valence-corrected chi connectivity index (χ4v) is 7.92. The lowest BCUT2D eigenvalue weighted by atomic mass is 9.99. The summed E-state index contributed by atoms with van der Waals surface area (Å²) >= 11 is 0. The van der Waals surface area contributed by atoms with Crippen LogP contribution in [0.15, 0.2) is 168 Å². The quantitative estimate of drug-likeness (QED) is 0.0418. The summed E-state index contributed by atoms with van der Waals surface area (Å²) < 4.78 is 50.7. The molecule has 0 aromatic heterocycles. The Bertz CT molecular complexity index is 2840. The van der Waals surface area contributed by atoms with Crippen molar-refractivity contribution in [3.63, 3.8) is 0 Å². The first kappa shape index (κ1) is 48.0. The summed E-state index contributed by atoms with van der Waals surface area (Å²) in [6.07, 6.45) is 1.49. The van der Waals surface area contributed by atoms with Crippen LogP contribution in [0.3, 0.4) is 0 Å². The van der Waals surface area contributed by atoms with Gasteiger partial charge in [-0.05, 0) is 97.8 Å². The van der Waals surface area contributed by atoms with Crippen molar-refractivity contribution in [1.82, 2.24) is 0 Å². The monoisotopic (exact) mass is 920 g/mol. The van der Waals surface area contributed by atoms with Gasteiger partial charge in [-0.2, -0.15) is 0 Å². The second-order valence-electron chi connectivity index (χ2n) is 14.9. The molecule has 0 bridgehead atoms. The molecule has 0 aliphatic rings. The molecule has 0 aliphatic heterocycles. The Balaban J connectivity index is 1.16.